The van der Waals surface area contributed by atoms with Crippen LogP contribution in [0.3, 0.4) is 0 Å². The van der Waals surface area contributed by atoms with E-state index in [0.29, 0.717) is 19.0 Å². The molecule has 0 aromatic carbocycles. The van der Waals surface area contributed by atoms with Crippen LogP contribution in [0.2, 0.25) is 0 Å². The monoisotopic (exact) mass is 328 g/mol. The number of amides is 1. The second kappa shape index (κ2) is 7.97. The Hall–Kier alpha value is -2.34. The number of aryl methyl sites for hydroxylation is 1. The minimum Gasteiger partial charge on any atom is -0.467 e. The summed E-state index contributed by atoms with van der Waals surface area (Å²) in [5.74, 6) is 2.28. The van der Waals surface area contributed by atoms with Gasteiger partial charge in [0.15, 0.2) is 0 Å². The maximum absolute atomic E-state index is 12.0. The van der Waals surface area contributed by atoms with Gasteiger partial charge < -0.3 is 15.1 Å². The average molecular weight is 328 g/mol. The third-order valence-electron chi connectivity index (χ3n) is 4.24. The minimum atomic E-state index is 0.0420. The third kappa shape index (κ3) is 4.83. The van der Waals surface area contributed by atoms with E-state index in [1.54, 1.807) is 6.26 Å². The summed E-state index contributed by atoms with van der Waals surface area (Å²) < 4.78 is 5.21. The van der Waals surface area contributed by atoms with Crippen molar-refractivity contribution in [1.82, 2.24) is 15.2 Å². The fourth-order valence-corrected chi connectivity index (χ4v) is 2.97. The largest absolute Gasteiger partial charge is 0.467 e. The molecule has 0 radical (unpaired) electrons. The lowest BCUT2D eigenvalue weighted by molar-refractivity contribution is -0.122. The summed E-state index contributed by atoms with van der Waals surface area (Å²) in [6.45, 7) is 5.67. The molecule has 1 unspecified atom stereocenters. The molecule has 2 aromatic heterocycles. The fourth-order valence-electron chi connectivity index (χ4n) is 2.97. The summed E-state index contributed by atoms with van der Waals surface area (Å²) in [7, 11) is 0. The van der Waals surface area contributed by atoms with Crippen molar-refractivity contribution < 1.29 is 9.21 Å². The number of pyridine rings is 1. The minimum absolute atomic E-state index is 0.0420. The van der Waals surface area contributed by atoms with E-state index in [0.717, 1.165) is 43.3 Å². The summed E-state index contributed by atoms with van der Waals surface area (Å²) in [5, 5.41) is 6.29. The predicted octanol–water partition coefficient (Wildman–Crippen LogP) is 2.03. The van der Waals surface area contributed by atoms with E-state index >= 15 is 0 Å². The Morgan fingerprint density at radius 3 is 3.08 bits per heavy atom. The van der Waals surface area contributed by atoms with Gasteiger partial charge in [-0.3, -0.25) is 9.69 Å². The van der Waals surface area contributed by atoms with Gasteiger partial charge in [-0.2, -0.15) is 0 Å². The summed E-state index contributed by atoms with van der Waals surface area (Å²) in [5.41, 5.74) is 1.02. The number of aromatic nitrogens is 1. The predicted molar refractivity (Wildman–Crippen MR) is 92.6 cm³/mol. The fraction of sp³-hybridized carbons (Fsp3) is 0.444. The van der Waals surface area contributed by atoms with Gasteiger partial charge in [-0.05, 0) is 50.1 Å². The van der Waals surface area contributed by atoms with Crippen LogP contribution in [0, 0.1) is 12.8 Å². The lowest BCUT2D eigenvalue weighted by atomic mass is 10.1. The van der Waals surface area contributed by atoms with E-state index in [4.69, 9.17) is 4.42 Å². The summed E-state index contributed by atoms with van der Waals surface area (Å²) >= 11 is 0. The zero-order valence-corrected chi connectivity index (χ0v) is 14.0. The maximum atomic E-state index is 12.0. The Balaban J connectivity index is 1.36. The Kier molecular flexibility index (Phi) is 5.48. The molecule has 6 nitrogen and oxygen atoms in total. The SMILES string of the molecule is Cc1cccc(NCC2CCN(CC(=O)NCc3ccco3)C2)n1. The molecule has 1 fully saturated rings. The quantitative estimate of drug-likeness (QED) is 0.814. The first-order valence-electron chi connectivity index (χ1n) is 8.38. The molecule has 2 N–H and O–H groups in total. The first-order chi connectivity index (χ1) is 11.7. The number of carbonyl (C=O) groups is 1. The van der Waals surface area contributed by atoms with Gasteiger partial charge >= 0.3 is 0 Å². The van der Waals surface area contributed by atoms with E-state index in [9.17, 15) is 4.79 Å². The van der Waals surface area contributed by atoms with E-state index in [1.807, 2.05) is 37.3 Å². The number of hydrogen-bond acceptors (Lipinski definition) is 5. The van der Waals surface area contributed by atoms with Crippen molar-refractivity contribution in [3.05, 3.63) is 48.0 Å². The lowest BCUT2D eigenvalue weighted by Gasteiger charge is -2.16. The number of anilines is 1. The number of furan rings is 1. The Labute approximate surface area is 142 Å². The highest BCUT2D eigenvalue weighted by Crippen LogP contribution is 2.16. The summed E-state index contributed by atoms with van der Waals surface area (Å²) in [6, 6.07) is 9.67. The number of carbonyl (C=O) groups excluding carboxylic acids is 1. The molecule has 1 amide bonds. The third-order valence-corrected chi connectivity index (χ3v) is 4.24. The Morgan fingerprint density at radius 2 is 2.29 bits per heavy atom. The molecule has 1 atom stereocenters. The average Bonchev–Trinajstić information content (AvgIpc) is 3.23. The molecule has 3 rings (SSSR count). The topological polar surface area (TPSA) is 70.4 Å². The van der Waals surface area contributed by atoms with Crippen molar-refractivity contribution in [1.29, 1.82) is 0 Å². The first kappa shape index (κ1) is 16.5. The van der Waals surface area contributed by atoms with Crippen LogP contribution in [0.4, 0.5) is 5.82 Å². The van der Waals surface area contributed by atoms with Crippen molar-refractivity contribution >= 4 is 11.7 Å². The highest BCUT2D eigenvalue weighted by Gasteiger charge is 2.23. The van der Waals surface area contributed by atoms with Crippen molar-refractivity contribution in [2.24, 2.45) is 5.92 Å². The van der Waals surface area contributed by atoms with Gasteiger partial charge in [-0.1, -0.05) is 6.07 Å². The molecule has 1 aliphatic rings. The zero-order valence-electron chi connectivity index (χ0n) is 14.0. The molecular weight excluding hydrogens is 304 g/mol. The molecule has 0 spiro atoms. The van der Waals surface area contributed by atoms with Crippen LogP contribution < -0.4 is 10.6 Å². The maximum Gasteiger partial charge on any atom is 0.234 e. The molecule has 128 valence electrons. The molecule has 1 aliphatic heterocycles. The van der Waals surface area contributed by atoms with Crippen molar-refractivity contribution in [2.45, 2.75) is 19.9 Å². The van der Waals surface area contributed by atoms with Gasteiger partial charge in [-0.15, -0.1) is 0 Å². The second-order valence-corrected chi connectivity index (χ2v) is 6.29. The molecule has 0 saturated carbocycles. The summed E-state index contributed by atoms with van der Waals surface area (Å²) in [6.07, 6.45) is 2.72. The van der Waals surface area contributed by atoms with Crippen molar-refractivity contribution in [3.63, 3.8) is 0 Å². The number of nitrogens with zero attached hydrogens (tertiary/aromatic N) is 2. The van der Waals surface area contributed by atoms with Crippen LogP contribution in [-0.4, -0.2) is 42.0 Å². The molecule has 0 aliphatic carbocycles. The normalized spacial score (nSPS) is 17.8. The van der Waals surface area contributed by atoms with Crippen molar-refractivity contribution in [3.8, 4) is 0 Å². The first-order valence-corrected chi connectivity index (χ1v) is 8.38. The highest BCUT2D eigenvalue weighted by molar-refractivity contribution is 5.77. The zero-order chi connectivity index (χ0) is 16.8. The van der Waals surface area contributed by atoms with Crippen LogP contribution in [0.5, 0.6) is 0 Å². The number of nitrogens with one attached hydrogen (secondary N) is 2. The standard InChI is InChI=1S/C18H24N4O2/c1-14-4-2-6-17(21-14)19-10-15-7-8-22(12-15)13-18(23)20-11-16-5-3-9-24-16/h2-6,9,15H,7-8,10-13H2,1H3,(H,19,21)(H,20,23). The van der Waals surface area contributed by atoms with Gasteiger partial charge in [-0.25, -0.2) is 4.98 Å². The number of likely N-dealkylation sites (tertiary alicyclic amines) is 1. The van der Waals surface area contributed by atoms with Crippen molar-refractivity contribution in [2.75, 3.05) is 31.5 Å². The van der Waals surface area contributed by atoms with Crippen LogP contribution in [0.25, 0.3) is 0 Å². The number of rotatable bonds is 7. The lowest BCUT2D eigenvalue weighted by Crippen LogP contribution is -2.36. The van der Waals surface area contributed by atoms with Gasteiger partial charge in [0.1, 0.15) is 11.6 Å². The molecule has 2 aromatic rings. The second-order valence-electron chi connectivity index (χ2n) is 6.29. The van der Waals surface area contributed by atoms with Crippen LogP contribution in [0.1, 0.15) is 17.9 Å². The smallest absolute Gasteiger partial charge is 0.234 e. The van der Waals surface area contributed by atoms with Crippen LogP contribution in [-0.2, 0) is 11.3 Å². The molecule has 0 bridgehead atoms. The molecule has 1 saturated heterocycles. The molecule has 6 heteroatoms. The summed E-state index contributed by atoms with van der Waals surface area (Å²) in [4.78, 5) is 18.7. The molecule has 24 heavy (non-hydrogen) atoms. The van der Waals surface area contributed by atoms with Crippen LogP contribution in [0.15, 0.2) is 41.0 Å². The Morgan fingerprint density at radius 1 is 1.38 bits per heavy atom. The van der Waals surface area contributed by atoms with E-state index in [-0.39, 0.29) is 5.91 Å². The van der Waals surface area contributed by atoms with Gasteiger partial charge in [0.05, 0.1) is 19.4 Å². The van der Waals surface area contributed by atoms with Crippen LogP contribution >= 0.6 is 0 Å². The van der Waals surface area contributed by atoms with Gasteiger partial charge in [0.2, 0.25) is 5.91 Å². The number of hydrogen-bond donors (Lipinski definition) is 2. The molecule has 3 heterocycles. The molecular formula is C18H24N4O2. The van der Waals surface area contributed by atoms with E-state index in [1.165, 1.54) is 0 Å². The van der Waals surface area contributed by atoms with Gasteiger partial charge in [0, 0.05) is 18.8 Å². The van der Waals surface area contributed by atoms with Gasteiger partial charge in [0.25, 0.3) is 0 Å². The highest BCUT2D eigenvalue weighted by atomic mass is 16.3. The van der Waals surface area contributed by atoms with E-state index < -0.39 is 0 Å². The van der Waals surface area contributed by atoms with E-state index in [2.05, 4.69) is 20.5 Å². The Bertz CT molecular complexity index is 657.